The van der Waals surface area contributed by atoms with E-state index in [9.17, 15) is 9.59 Å². The first-order valence-corrected chi connectivity index (χ1v) is 11.1. The number of anilines is 1. The second-order valence-electron chi connectivity index (χ2n) is 8.09. The van der Waals surface area contributed by atoms with Gasteiger partial charge in [0.05, 0.1) is 19.7 Å². The summed E-state index contributed by atoms with van der Waals surface area (Å²) in [5, 5.41) is 2.97. The van der Waals surface area contributed by atoms with E-state index in [-0.39, 0.29) is 31.7 Å². The van der Waals surface area contributed by atoms with Crippen LogP contribution in [0, 0.1) is 13.8 Å². The first-order valence-electron chi connectivity index (χ1n) is 11.1. The van der Waals surface area contributed by atoms with E-state index in [0.29, 0.717) is 37.7 Å². The maximum atomic E-state index is 13.1. The number of carbonyl (C=O) groups excluding carboxylic acids is 2. The van der Waals surface area contributed by atoms with E-state index in [4.69, 9.17) is 14.2 Å². The smallest absolute Gasteiger partial charge is 0.238 e. The van der Waals surface area contributed by atoms with Crippen molar-refractivity contribution in [3.05, 3.63) is 53.1 Å². The van der Waals surface area contributed by atoms with Crippen molar-refractivity contribution in [2.75, 3.05) is 52.0 Å². The minimum absolute atomic E-state index is 0.0502. The summed E-state index contributed by atoms with van der Waals surface area (Å²) in [5.41, 5.74) is 3.90. The summed E-state index contributed by atoms with van der Waals surface area (Å²) in [4.78, 5) is 29.4. The fraction of sp³-hybridized carbons (Fsp3) is 0.440. The van der Waals surface area contributed by atoms with Crippen molar-refractivity contribution in [1.82, 2.24) is 9.80 Å². The minimum atomic E-state index is -0.161. The second kappa shape index (κ2) is 11.7. The Labute approximate surface area is 195 Å². The van der Waals surface area contributed by atoms with Gasteiger partial charge in [-0.05, 0) is 55.7 Å². The van der Waals surface area contributed by atoms with Gasteiger partial charge in [-0.25, -0.2) is 0 Å². The zero-order valence-electron chi connectivity index (χ0n) is 19.8. The third kappa shape index (κ3) is 6.69. The second-order valence-corrected chi connectivity index (χ2v) is 8.09. The summed E-state index contributed by atoms with van der Waals surface area (Å²) in [6, 6.07) is 11.5. The van der Waals surface area contributed by atoms with Gasteiger partial charge in [-0.2, -0.15) is 0 Å². The summed E-state index contributed by atoms with van der Waals surface area (Å²) < 4.78 is 16.0. The molecular formula is C25H33N3O5. The van der Waals surface area contributed by atoms with E-state index in [2.05, 4.69) is 5.32 Å². The van der Waals surface area contributed by atoms with Gasteiger partial charge in [0.1, 0.15) is 0 Å². The SMILES string of the molecule is CCN(Cc1ccc2c(c1)OCO2)C(=O)CN(CCOC)CC(=O)Nc1cccc(C)c1C. The molecule has 0 unspecified atom stereocenters. The third-order valence-corrected chi connectivity index (χ3v) is 5.76. The number of amides is 2. The number of likely N-dealkylation sites (N-methyl/N-ethyl adjacent to an activating group) is 1. The molecule has 0 atom stereocenters. The fourth-order valence-corrected chi connectivity index (χ4v) is 3.64. The number of nitrogens with zero attached hydrogens (tertiary/aromatic N) is 2. The molecule has 0 fully saturated rings. The van der Waals surface area contributed by atoms with Crippen LogP contribution in [0.25, 0.3) is 0 Å². The maximum absolute atomic E-state index is 13.1. The number of methoxy groups -OCH3 is 1. The van der Waals surface area contributed by atoms with Crippen LogP contribution in [0.1, 0.15) is 23.6 Å². The van der Waals surface area contributed by atoms with Gasteiger partial charge in [0, 0.05) is 32.4 Å². The predicted octanol–water partition coefficient (Wildman–Crippen LogP) is 2.97. The normalized spacial score (nSPS) is 12.2. The van der Waals surface area contributed by atoms with Gasteiger partial charge in [-0.3, -0.25) is 14.5 Å². The number of nitrogens with one attached hydrogen (secondary N) is 1. The molecule has 2 aromatic rings. The van der Waals surface area contributed by atoms with Crippen LogP contribution >= 0.6 is 0 Å². The number of benzene rings is 2. The van der Waals surface area contributed by atoms with Crippen molar-refractivity contribution in [2.24, 2.45) is 0 Å². The Balaban J connectivity index is 1.61. The molecule has 1 aliphatic heterocycles. The van der Waals surface area contributed by atoms with Crippen LogP contribution in [0.3, 0.4) is 0 Å². The molecule has 0 saturated heterocycles. The largest absolute Gasteiger partial charge is 0.454 e. The van der Waals surface area contributed by atoms with Crippen molar-refractivity contribution in [1.29, 1.82) is 0 Å². The molecule has 0 aromatic heterocycles. The Hall–Kier alpha value is -3.10. The van der Waals surface area contributed by atoms with Crippen LogP contribution in [0.2, 0.25) is 0 Å². The Morgan fingerprint density at radius 1 is 1.09 bits per heavy atom. The van der Waals surface area contributed by atoms with Crippen LogP contribution in [0.5, 0.6) is 11.5 Å². The van der Waals surface area contributed by atoms with Gasteiger partial charge < -0.3 is 24.4 Å². The van der Waals surface area contributed by atoms with Crippen molar-refractivity contribution in [3.8, 4) is 11.5 Å². The molecule has 2 aromatic carbocycles. The predicted molar refractivity (Wildman–Crippen MR) is 127 cm³/mol. The lowest BCUT2D eigenvalue weighted by molar-refractivity contribution is -0.133. The fourth-order valence-electron chi connectivity index (χ4n) is 3.64. The van der Waals surface area contributed by atoms with Crippen molar-refractivity contribution >= 4 is 17.5 Å². The molecule has 0 bridgehead atoms. The Kier molecular flexibility index (Phi) is 8.68. The molecule has 0 aliphatic carbocycles. The van der Waals surface area contributed by atoms with Gasteiger partial charge in [-0.15, -0.1) is 0 Å². The molecule has 178 valence electrons. The Bertz CT molecular complexity index is 979. The Morgan fingerprint density at radius 2 is 1.88 bits per heavy atom. The van der Waals surface area contributed by atoms with E-state index in [1.165, 1.54) is 0 Å². The minimum Gasteiger partial charge on any atom is -0.454 e. The van der Waals surface area contributed by atoms with Crippen LogP contribution in [0.15, 0.2) is 36.4 Å². The number of aryl methyl sites for hydroxylation is 1. The van der Waals surface area contributed by atoms with Crippen LogP contribution in [0.4, 0.5) is 5.69 Å². The summed E-state index contributed by atoms with van der Waals surface area (Å²) in [5.74, 6) is 1.20. The molecule has 1 N–H and O–H groups in total. The van der Waals surface area contributed by atoms with Gasteiger partial charge in [0.25, 0.3) is 0 Å². The molecule has 0 spiro atoms. The van der Waals surface area contributed by atoms with Gasteiger partial charge in [0.15, 0.2) is 11.5 Å². The summed E-state index contributed by atoms with van der Waals surface area (Å²) in [6.45, 7) is 8.29. The lowest BCUT2D eigenvalue weighted by Crippen LogP contribution is -2.44. The summed E-state index contributed by atoms with van der Waals surface area (Å²) in [6.07, 6.45) is 0. The highest BCUT2D eigenvalue weighted by Gasteiger charge is 2.20. The molecule has 8 nitrogen and oxygen atoms in total. The molecule has 33 heavy (non-hydrogen) atoms. The topological polar surface area (TPSA) is 80.3 Å². The van der Waals surface area contributed by atoms with Gasteiger partial charge >= 0.3 is 0 Å². The highest BCUT2D eigenvalue weighted by molar-refractivity contribution is 5.93. The standard InChI is InChI=1S/C25H33N3O5/c1-5-28(14-20-9-10-22-23(13-20)33-17-32-22)25(30)16-27(11-12-31-4)15-24(29)26-21-8-6-7-18(2)19(21)3/h6-10,13H,5,11-12,14-17H2,1-4H3,(H,26,29). The zero-order valence-corrected chi connectivity index (χ0v) is 19.8. The van der Waals surface area contributed by atoms with E-state index < -0.39 is 0 Å². The van der Waals surface area contributed by atoms with Crippen LogP contribution in [-0.4, -0.2) is 68.3 Å². The average Bonchev–Trinajstić information content (AvgIpc) is 3.26. The van der Waals surface area contributed by atoms with Crippen molar-refractivity contribution in [2.45, 2.75) is 27.3 Å². The van der Waals surface area contributed by atoms with E-state index in [1.807, 2.05) is 62.1 Å². The number of hydrogen-bond donors (Lipinski definition) is 1. The van der Waals surface area contributed by atoms with E-state index in [1.54, 1.807) is 12.0 Å². The highest BCUT2D eigenvalue weighted by Crippen LogP contribution is 2.32. The monoisotopic (exact) mass is 455 g/mol. The first kappa shape index (κ1) is 24.5. The Morgan fingerprint density at radius 3 is 2.64 bits per heavy atom. The summed E-state index contributed by atoms with van der Waals surface area (Å²) in [7, 11) is 1.61. The average molecular weight is 456 g/mol. The van der Waals surface area contributed by atoms with Crippen LogP contribution < -0.4 is 14.8 Å². The maximum Gasteiger partial charge on any atom is 0.238 e. The van der Waals surface area contributed by atoms with Gasteiger partial charge in [0.2, 0.25) is 18.6 Å². The van der Waals surface area contributed by atoms with Crippen LogP contribution in [-0.2, 0) is 20.9 Å². The summed E-state index contributed by atoms with van der Waals surface area (Å²) >= 11 is 0. The quantitative estimate of drug-likeness (QED) is 0.561. The third-order valence-electron chi connectivity index (χ3n) is 5.76. The first-order chi connectivity index (χ1) is 15.9. The number of rotatable bonds is 11. The molecule has 0 radical (unpaired) electrons. The molecular weight excluding hydrogens is 422 g/mol. The molecule has 8 heteroatoms. The van der Waals surface area contributed by atoms with Crippen molar-refractivity contribution < 1.29 is 23.8 Å². The highest BCUT2D eigenvalue weighted by atomic mass is 16.7. The number of carbonyl (C=O) groups is 2. The molecule has 3 rings (SSSR count). The lowest BCUT2D eigenvalue weighted by Gasteiger charge is -2.26. The van der Waals surface area contributed by atoms with Crippen molar-refractivity contribution in [3.63, 3.8) is 0 Å². The molecule has 1 heterocycles. The van der Waals surface area contributed by atoms with Gasteiger partial charge in [-0.1, -0.05) is 18.2 Å². The lowest BCUT2D eigenvalue weighted by atomic mass is 10.1. The molecule has 2 amide bonds. The number of fused-ring (bicyclic) bond motifs is 1. The zero-order chi connectivity index (χ0) is 23.8. The molecule has 1 aliphatic rings. The van der Waals surface area contributed by atoms with E-state index >= 15 is 0 Å². The number of ether oxygens (including phenoxy) is 3. The molecule has 0 saturated carbocycles. The number of hydrogen-bond acceptors (Lipinski definition) is 6. The van der Waals surface area contributed by atoms with E-state index in [0.717, 1.165) is 22.4 Å².